The van der Waals surface area contributed by atoms with E-state index in [1.165, 1.54) is 11.3 Å². The first-order valence-corrected chi connectivity index (χ1v) is 5.84. The zero-order valence-electron chi connectivity index (χ0n) is 8.37. The second kappa shape index (κ2) is 3.93. The number of rotatable bonds is 2. The number of hydrogen-bond acceptors (Lipinski definition) is 7. The Labute approximate surface area is 95.4 Å². The topological polar surface area (TPSA) is 87.1 Å². The third-order valence-electron chi connectivity index (χ3n) is 2.54. The van der Waals surface area contributed by atoms with E-state index in [-0.39, 0.29) is 12.0 Å². The molecule has 0 radical (unpaired) electrons. The zero-order valence-corrected chi connectivity index (χ0v) is 9.18. The molecule has 84 valence electrons. The molecule has 0 saturated carbocycles. The Hall–Kier alpha value is -1.31. The van der Waals surface area contributed by atoms with Crippen LogP contribution < -0.4 is 5.73 Å². The van der Waals surface area contributed by atoms with E-state index in [1.54, 1.807) is 5.51 Å². The van der Waals surface area contributed by atoms with Crippen LogP contribution in [0.25, 0.3) is 11.5 Å². The minimum atomic E-state index is -0.0660. The lowest BCUT2D eigenvalue weighted by Crippen LogP contribution is -2.26. The van der Waals surface area contributed by atoms with Crippen LogP contribution in [0.1, 0.15) is 11.8 Å². The smallest absolute Gasteiger partial charge is 0.234 e. The number of ether oxygens (including phenoxy) is 1. The molecule has 0 aromatic carbocycles. The lowest BCUT2D eigenvalue weighted by molar-refractivity contribution is 0.187. The van der Waals surface area contributed by atoms with Gasteiger partial charge in [0.2, 0.25) is 11.7 Å². The summed E-state index contributed by atoms with van der Waals surface area (Å²) in [7, 11) is 0. The van der Waals surface area contributed by atoms with Gasteiger partial charge in [-0.15, -0.1) is 11.3 Å². The maximum atomic E-state index is 5.87. The van der Waals surface area contributed by atoms with E-state index < -0.39 is 0 Å². The van der Waals surface area contributed by atoms with Crippen LogP contribution in [-0.2, 0) is 4.74 Å². The fourth-order valence-corrected chi connectivity index (χ4v) is 2.17. The molecule has 2 N–H and O–H groups in total. The second-order valence-electron chi connectivity index (χ2n) is 3.64. The Kier molecular flexibility index (Phi) is 2.43. The monoisotopic (exact) mass is 238 g/mol. The van der Waals surface area contributed by atoms with Crippen molar-refractivity contribution in [1.29, 1.82) is 0 Å². The largest absolute Gasteiger partial charge is 0.379 e. The lowest BCUT2D eigenvalue weighted by Gasteiger charge is -2.05. The van der Waals surface area contributed by atoms with Crippen molar-refractivity contribution in [1.82, 2.24) is 15.1 Å². The fraction of sp³-hybridized carbons (Fsp3) is 0.444. The maximum absolute atomic E-state index is 5.87. The molecule has 1 saturated heterocycles. The zero-order chi connectivity index (χ0) is 11.0. The van der Waals surface area contributed by atoms with E-state index in [4.69, 9.17) is 15.0 Å². The fourth-order valence-electron chi connectivity index (χ4n) is 1.64. The molecule has 6 nitrogen and oxygen atoms in total. The van der Waals surface area contributed by atoms with Gasteiger partial charge in [-0.1, -0.05) is 5.16 Å². The second-order valence-corrected chi connectivity index (χ2v) is 4.36. The van der Waals surface area contributed by atoms with Gasteiger partial charge in [-0.3, -0.25) is 0 Å². The highest BCUT2D eigenvalue weighted by Gasteiger charge is 2.31. The third-order valence-corrected chi connectivity index (χ3v) is 3.13. The predicted octanol–water partition coefficient (Wildman–Crippen LogP) is 0.634. The molecule has 2 aromatic heterocycles. The van der Waals surface area contributed by atoms with Crippen molar-refractivity contribution in [3.63, 3.8) is 0 Å². The highest BCUT2D eigenvalue weighted by Crippen LogP contribution is 2.25. The number of nitrogens with two attached hydrogens (primary N) is 1. The Morgan fingerprint density at radius 1 is 1.44 bits per heavy atom. The van der Waals surface area contributed by atoms with Crippen LogP contribution in [0.5, 0.6) is 0 Å². The molecule has 1 aliphatic rings. The van der Waals surface area contributed by atoms with Crippen LogP contribution in [0.15, 0.2) is 15.4 Å². The van der Waals surface area contributed by atoms with Gasteiger partial charge in [0.25, 0.3) is 0 Å². The molecule has 1 aliphatic heterocycles. The van der Waals surface area contributed by atoms with Crippen molar-refractivity contribution in [3.8, 4) is 11.5 Å². The molecule has 3 rings (SSSR count). The van der Waals surface area contributed by atoms with E-state index in [0.717, 1.165) is 5.69 Å². The van der Waals surface area contributed by atoms with Gasteiger partial charge >= 0.3 is 0 Å². The summed E-state index contributed by atoms with van der Waals surface area (Å²) in [6, 6.07) is -0.0660. The summed E-state index contributed by atoms with van der Waals surface area (Å²) in [5, 5.41) is 5.76. The molecule has 1 fully saturated rings. The summed E-state index contributed by atoms with van der Waals surface area (Å²) < 4.78 is 10.4. The average molecular weight is 238 g/mol. The Bertz CT molecular complexity index is 470. The first kappa shape index (κ1) is 9.88. The molecule has 0 bridgehead atoms. The third kappa shape index (κ3) is 1.62. The minimum absolute atomic E-state index is 0.000106. The van der Waals surface area contributed by atoms with Gasteiger partial charge in [0.15, 0.2) is 0 Å². The van der Waals surface area contributed by atoms with Gasteiger partial charge < -0.3 is 15.0 Å². The van der Waals surface area contributed by atoms with Crippen molar-refractivity contribution in [3.05, 3.63) is 16.8 Å². The summed E-state index contributed by atoms with van der Waals surface area (Å²) in [5.74, 6) is 1.04. The average Bonchev–Trinajstić information content (AvgIpc) is 2.96. The number of hydrogen-bond donors (Lipinski definition) is 1. The summed E-state index contributed by atoms with van der Waals surface area (Å²) in [6.45, 7) is 1.08. The van der Waals surface area contributed by atoms with Crippen molar-refractivity contribution < 1.29 is 9.26 Å². The molecule has 16 heavy (non-hydrogen) atoms. The van der Waals surface area contributed by atoms with E-state index in [1.807, 2.05) is 5.38 Å². The van der Waals surface area contributed by atoms with Gasteiger partial charge in [0.05, 0.1) is 24.6 Å². The van der Waals surface area contributed by atoms with Crippen LogP contribution >= 0.6 is 11.3 Å². The molecular formula is C9H10N4O2S. The molecule has 0 amide bonds. The molecule has 0 spiro atoms. The molecular weight excluding hydrogens is 228 g/mol. The standard InChI is InChI=1S/C9H10N4O2S/c10-6-2-14-1-5(6)9-12-8(13-15-9)7-3-16-4-11-7/h3-6H,1-2,10H2. The van der Waals surface area contributed by atoms with Crippen LogP contribution in [0.2, 0.25) is 0 Å². The molecule has 0 aliphatic carbocycles. The van der Waals surface area contributed by atoms with Crippen LogP contribution in [0.4, 0.5) is 0 Å². The van der Waals surface area contributed by atoms with E-state index in [0.29, 0.717) is 24.9 Å². The maximum Gasteiger partial charge on any atom is 0.234 e. The van der Waals surface area contributed by atoms with Gasteiger partial charge in [0.1, 0.15) is 5.69 Å². The molecule has 7 heteroatoms. The lowest BCUT2D eigenvalue weighted by atomic mass is 10.1. The van der Waals surface area contributed by atoms with Crippen molar-refractivity contribution in [2.24, 2.45) is 5.73 Å². The van der Waals surface area contributed by atoms with Crippen LogP contribution in [0.3, 0.4) is 0 Å². The first-order valence-electron chi connectivity index (χ1n) is 4.90. The van der Waals surface area contributed by atoms with Gasteiger partial charge in [-0.05, 0) is 0 Å². The Morgan fingerprint density at radius 2 is 2.38 bits per heavy atom. The number of thiazole rings is 1. The van der Waals surface area contributed by atoms with Gasteiger partial charge in [-0.25, -0.2) is 4.98 Å². The van der Waals surface area contributed by atoms with E-state index in [2.05, 4.69) is 15.1 Å². The molecule has 3 heterocycles. The summed E-state index contributed by atoms with van der Waals surface area (Å²) >= 11 is 1.49. The Morgan fingerprint density at radius 3 is 3.06 bits per heavy atom. The number of nitrogens with zero attached hydrogens (tertiary/aromatic N) is 3. The summed E-state index contributed by atoms with van der Waals surface area (Å²) in [4.78, 5) is 8.41. The van der Waals surface area contributed by atoms with Crippen molar-refractivity contribution in [2.45, 2.75) is 12.0 Å². The number of aromatic nitrogens is 3. The van der Waals surface area contributed by atoms with E-state index in [9.17, 15) is 0 Å². The summed E-state index contributed by atoms with van der Waals surface area (Å²) in [5.41, 5.74) is 8.33. The van der Waals surface area contributed by atoms with Crippen molar-refractivity contribution in [2.75, 3.05) is 13.2 Å². The van der Waals surface area contributed by atoms with Gasteiger partial charge in [-0.2, -0.15) is 4.98 Å². The Balaban J connectivity index is 1.88. The van der Waals surface area contributed by atoms with Gasteiger partial charge in [0, 0.05) is 11.4 Å². The minimum Gasteiger partial charge on any atom is -0.379 e. The molecule has 2 aromatic rings. The highest BCUT2D eigenvalue weighted by atomic mass is 32.1. The van der Waals surface area contributed by atoms with Crippen molar-refractivity contribution >= 4 is 11.3 Å². The molecule has 2 atom stereocenters. The SMILES string of the molecule is NC1COCC1c1nc(-c2cscn2)no1. The normalized spacial score (nSPS) is 25.1. The highest BCUT2D eigenvalue weighted by molar-refractivity contribution is 7.07. The first-order chi connectivity index (χ1) is 7.84. The quantitative estimate of drug-likeness (QED) is 0.825. The summed E-state index contributed by atoms with van der Waals surface area (Å²) in [6.07, 6.45) is 0. The predicted molar refractivity (Wildman–Crippen MR) is 56.9 cm³/mol. The van der Waals surface area contributed by atoms with E-state index >= 15 is 0 Å². The molecule has 2 unspecified atom stereocenters. The van der Waals surface area contributed by atoms with Crippen LogP contribution in [-0.4, -0.2) is 34.4 Å². The van der Waals surface area contributed by atoms with Crippen LogP contribution in [0, 0.1) is 0 Å².